The Kier molecular flexibility index (Phi) is 7.17. The Morgan fingerprint density at radius 3 is 2.85 bits per heavy atom. The van der Waals surface area contributed by atoms with E-state index in [9.17, 15) is 18.8 Å². The first-order valence-corrected chi connectivity index (χ1v) is 13.1. The summed E-state index contributed by atoms with van der Waals surface area (Å²) in [6.45, 7) is 0.253. The van der Waals surface area contributed by atoms with E-state index in [4.69, 9.17) is 16.6 Å². The van der Waals surface area contributed by atoms with Crippen molar-refractivity contribution in [3.05, 3.63) is 75.4 Å². The molecule has 198 valence electrons. The summed E-state index contributed by atoms with van der Waals surface area (Å²) in [6.07, 6.45) is 3.61. The third kappa shape index (κ3) is 5.53. The molecule has 6 N–H and O–H groups in total. The van der Waals surface area contributed by atoms with E-state index in [-0.39, 0.29) is 28.9 Å². The molecule has 0 saturated heterocycles. The fourth-order valence-corrected chi connectivity index (χ4v) is 5.62. The van der Waals surface area contributed by atoms with Gasteiger partial charge in [-0.1, -0.05) is 6.07 Å². The predicted octanol–water partition coefficient (Wildman–Crippen LogP) is 2.45. The van der Waals surface area contributed by atoms with Gasteiger partial charge in [-0.3, -0.25) is 29.8 Å². The number of rotatable bonds is 5. The molecule has 0 fully saturated rings. The van der Waals surface area contributed by atoms with Crippen LogP contribution in [0, 0.1) is 16.8 Å². The first kappa shape index (κ1) is 26.1. The molecule has 0 radical (unpaired) electrons. The smallest absolute Gasteiger partial charge is 0.280 e. The van der Waals surface area contributed by atoms with Gasteiger partial charge in [0.2, 0.25) is 11.9 Å². The summed E-state index contributed by atoms with van der Waals surface area (Å²) < 4.78 is 15.5. The van der Waals surface area contributed by atoms with Crippen LogP contribution in [-0.2, 0) is 22.6 Å². The van der Waals surface area contributed by atoms with Gasteiger partial charge in [-0.2, -0.15) is 4.39 Å². The van der Waals surface area contributed by atoms with Crippen molar-refractivity contribution in [3.8, 4) is 0 Å². The number of carbonyl (C=O) groups excluding carboxylic acids is 2. The molecule has 0 bridgehead atoms. The number of nitrogens with one attached hydrogen (secondary N) is 4. The van der Waals surface area contributed by atoms with Crippen molar-refractivity contribution in [1.29, 1.82) is 10.8 Å². The number of halogens is 1. The summed E-state index contributed by atoms with van der Waals surface area (Å²) in [5.74, 6) is -1.30. The molecule has 4 aromatic rings. The van der Waals surface area contributed by atoms with E-state index in [1.807, 2.05) is 6.07 Å². The SMILES string of the molecule is N=C(SC(=N)c1cccc(F)n1)C(=O)Nc1cnc2n(c1=O)C(C(=O)NCc1cc3cnc(N)cc3s1)CC2. The van der Waals surface area contributed by atoms with Crippen molar-refractivity contribution in [2.75, 3.05) is 11.1 Å². The number of thiophene rings is 1. The molecule has 12 nitrogen and oxygen atoms in total. The zero-order chi connectivity index (χ0) is 27.7. The number of thioether (sulfide) groups is 1. The Balaban J connectivity index is 1.25. The van der Waals surface area contributed by atoms with Crippen molar-refractivity contribution in [2.45, 2.75) is 25.4 Å². The van der Waals surface area contributed by atoms with Gasteiger partial charge in [-0.15, -0.1) is 11.3 Å². The molecule has 1 aliphatic rings. The number of fused-ring (bicyclic) bond motifs is 2. The summed E-state index contributed by atoms with van der Waals surface area (Å²) in [7, 11) is 0. The molecular weight excluding hydrogens is 545 g/mol. The third-order valence-electron chi connectivity index (χ3n) is 5.84. The van der Waals surface area contributed by atoms with Crippen LogP contribution in [0.4, 0.5) is 15.9 Å². The van der Waals surface area contributed by atoms with Crippen LogP contribution < -0.4 is 21.9 Å². The lowest BCUT2D eigenvalue weighted by atomic mass is 10.2. The molecule has 2 amide bonds. The Bertz CT molecular complexity index is 1720. The molecule has 1 unspecified atom stereocenters. The van der Waals surface area contributed by atoms with Crippen LogP contribution in [0.5, 0.6) is 0 Å². The number of pyridine rings is 2. The lowest BCUT2D eigenvalue weighted by Crippen LogP contribution is -2.37. The van der Waals surface area contributed by atoms with Gasteiger partial charge in [-0.05, 0) is 42.4 Å². The van der Waals surface area contributed by atoms with Crippen molar-refractivity contribution in [1.82, 2.24) is 24.8 Å². The fourth-order valence-electron chi connectivity index (χ4n) is 4.04. The highest BCUT2D eigenvalue weighted by Gasteiger charge is 2.31. The van der Waals surface area contributed by atoms with Gasteiger partial charge in [-0.25, -0.2) is 15.0 Å². The Hall–Kier alpha value is -4.50. The highest BCUT2D eigenvalue weighted by atomic mass is 32.2. The molecular formula is C24H20FN9O3S2. The monoisotopic (exact) mass is 565 g/mol. The number of hydrogen-bond acceptors (Lipinski definition) is 11. The second-order valence-corrected chi connectivity index (χ2v) is 10.6. The average Bonchev–Trinajstić information content (AvgIpc) is 3.53. The Morgan fingerprint density at radius 1 is 1.23 bits per heavy atom. The van der Waals surface area contributed by atoms with Crippen LogP contribution in [0.3, 0.4) is 0 Å². The predicted molar refractivity (Wildman–Crippen MR) is 147 cm³/mol. The van der Waals surface area contributed by atoms with Crippen molar-refractivity contribution in [3.63, 3.8) is 0 Å². The second-order valence-electron chi connectivity index (χ2n) is 8.46. The van der Waals surface area contributed by atoms with Crippen LogP contribution in [0.2, 0.25) is 0 Å². The summed E-state index contributed by atoms with van der Waals surface area (Å²) >= 11 is 1.93. The Morgan fingerprint density at radius 2 is 2.05 bits per heavy atom. The van der Waals surface area contributed by atoms with Crippen molar-refractivity contribution >= 4 is 66.6 Å². The number of anilines is 2. The van der Waals surface area contributed by atoms with Gasteiger partial charge >= 0.3 is 0 Å². The zero-order valence-corrected chi connectivity index (χ0v) is 21.7. The van der Waals surface area contributed by atoms with Crippen molar-refractivity contribution < 1.29 is 14.0 Å². The number of aryl methyl sites for hydroxylation is 1. The second kappa shape index (κ2) is 10.7. The number of hydrogen-bond donors (Lipinski definition) is 5. The summed E-state index contributed by atoms with van der Waals surface area (Å²) in [5, 5.41) is 21.1. The highest BCUT2D eigenvalue weighted by molar-refractivity contribution is 8.28. The molecule has 0 saturated carbocycles. The normalized spacial score (nSPS) is 14.1. The molecule has 0 aromatic carbocycles. The maximum Gasteiger partial charge on any atom is 0.280 e. The van der Waals surface area contributed by atoms with Crippen LogP contribution in [0.15, 0.2) is 47.5 Å². The lowest BCUT2D eigenvalue weighted by Gasteiger charge is -2.15. The number of amides is 2. The van der Waals surface area contributed by atoms with Crippen LogP contribution >= 0.6 is 23.1 Å². The van der Waals surface area contributed by atoms with Gasteiger partial charge < -0.3 is 16.4 Å². The Labute approximate surface area is 227 Å². The molecule has 1 atom stereocenters. The number of nitrogens with zero attached hydrogens (tertiary/aromatic N) is 4. The number of aromatic nitrogens is 4. The number of nitrogen functional groups attached to an aromatic ring is 1. The van der Waals surface area contributed by atoms with Gasteiger partial charge in [0.25, 0.3) is 11.5 Å². The largest absolute Gasteiger partial charge is 0.384 e. The van der Waals surface area contributed by atoms with Crippen LogP contribution in [-0.4, -0.2) is 41.4 Å². The van der Waals surface area contributed by atoms with Gasteiger partial charge in [0.15, 0.2) is 5.04 Å². The highest BCUT2D eigenvalue weighted by Crippen LogP contribution is 2.27. The molecule has 5 rings (SSSR count). The summed E-state index contributed by atoms with van der Waals surface area (Å²) in [6, 6.07) is 6.70. The molecule has 15 heteroatoms. The standard InChI is InChI=1S/C24H20FN9O3S2/c25-17-3-1-2-13(32-17)20(27)39-21(28)23(36)33-14-10-30-19-5-4-15(34(19)24(14)37)22(35)31-9-12-6-11-8-29-18(26)7-16(11)38-12/h1-3,6-8,10,15,27-28H,4-5,9H2,(H2,26,29)(H,31,35)(H,33,36). The quantitative estimate of drug-likeness (QED) is 0.138. The first-order valence-electron chi connectivity index (χ1n) is 11.5. The topological polar surface area (TPSA) is 193 Å². The molecule has 0 aliphatic carbocycles. The summed E-state index contributed by atoms with van der Waals surface area (Å²) in [5.41, 5.74) is 4.85. The van der Waals surface area contributed by atoms with E-state index < -0.39 is 28.5 Å². The van der Waals surface area contributed by atoms with Gasteiger partial charge in [0.05, 0.1) is 18.4 Å². The number of nitrogens with two attached hydrogens (primary N) is 1. The lowest BCUT2D eigenvalue weighted by molar-refractivity contribution is -0.124. The summed E-state index contributed by atoms with van der Waals surface area (Å²) in [4.78, 5) is 51.5. The number of carbonyl (C=O) groups is 2. The van der Waals surface area contributed by atoms with Gasteiger partial charge in [0.1, 0.15) is 28.4 Å². The molecule has 1 aliphatic heterocycles. The van der Waals surface area contributed by atoms with E-state index in [0.717, 1.165) is 21.0 Å². The maximum absolute atomic E-state index is 13.3. The third-order valence-corrected chi connectivity index (χ3v) is 7.74. The average molecular weight is 566 g/mol. The van der Waals surface area contributed by atoms with Crippen LogP contribution in [0.25, 0.3) is 10.1 Å². The zero-order valence-electron chi connectivity index (χ0n) is 20.0. The van der Waals surface area contributed by atoms with Crippen molar-refractivity contribution in [2.24, 2.45) is 0 Å². The minimum absolute atomic E-state index is 0.0397. The van der Waals surface area contributed by atoms with E-state index in [0.29, 0.717) is 36.2 Å². The van der Waals surface area contributed by atoms with E-state index in [2.05, 4.69) is 25.6 Å². The molecule has 5 heterocycles. The maximum atomic E-state index is 13.3. The minimum atomic E-state index is -0.959. The minimum Gasteiger partial charge on any atom is -0.384 e. The fraction of sp³-hybridized carbons (Fsp3) is 0.167. The van der Waals surface area contributed by atoms with E-state index in [1.165, 1.54) is 34.2 Å². The molecule has 0 spiro atoms. The molecule has 4 aromatic heterocycles. The first-order chi connectivity index (χ1) is 18.7. The van der Waals surface area contributed by atoms with E-state index >= 15 is 0 Å². The van der Waals surface area contributed by atoms with Crippen LogP contribution in [0.1, 0.15) is 28.9 Å². The van der Waals surface area contributed by atoms with Gasteiger partial charge in [0, 0.05) is 27.6 Å². The molecule has 39 heavy (non-hydrogen) atoms. The van der Waals surface area contributed by atoms with E-state index in [1.54, 1.807) is 12.3 Å².